The first-order valence-corrected chi connectivity index (χ1v) is 13.9. The second kappa shape index (κ2) is 12.2. The van der Waals surface area contributed by atoms with E-state index in [9.17, 15) is 22.4 Å². The zero-order chi connectivity index (χ0) is 25.4. The van der Waals surface area contributed by atoms with Gasteiger partial charge in [0.15, 0.2) is 0 Å². The third-order valence-corrected chi connectivity index (χ3v) is 7.56. The molecule has 0 radical (unpaired) electrons. The average molecular weight is 504 g/mol. The van der Waals surface area contributed by atoms with Crippen molar-refractivity contribution in [1.82, 2.24) is 10.2 Å². The number of amides is 2. The Morgan fingerprint density at radius 3 is 2.31 bits per heavy atom. The van der Waals surface area contributed by atoms with Crippen LogP contribution in [0.25, 0.3) is 0 Å². The van der Waals surface area contributed by atoms with Crippen LogP contribution in [0.5, 0.6) is 0 Å². The molecule has 1 aliphatic rings. The molecule has 35 heavy (non-hydrogen) atoms. The van der Waals surface area contributed by atoms with Crippen LogP contribution in [-0.2, 0) is 26.2 Å². The maximum Gasteiger partial charge on any atom is 0.242 e. The third-order valence-electron chi connectivity index (χ3n) is 6.36. The standard InChI is InChI=1S/C26H34FN3O4S/c1-20(26(32)28-22-12-7-8-13-22)29(19-21-11-6-9-16-24(21)27)25(31)17-10-18-30(35(2,33)34)23-14-4-3-5-15-23/h3-6,9,11,14-16,20,22H,7-8,10,12-13,17-19H2,1-2H3,(H,28,32)/t20-/m1/s1. The molecule has 190 valence electrons. The third kappa shape index (κ3) is 7.52. The fourth-order valence-electron chi connectivity index (χ4n) is 4.38. The van der Waals surface area contributed by atoms with E-state index in [1.807, 2.05) is 0 Å². The smallest absolute Gasteiger partial charge is 0.242 e. The number of para-hydroxylation sites is 1. The molecule has 7 nitrogen and oxygen atoms in total. The van der Waals surface area contributed by atoms with Gasteiger partial charge in [-0.2, -0.15) is 0 Å². The zero-order valence-electron chi connectivity index (χ0n) is 20.3. The number of sulfonamides is 1. The van der Waals surface area contributed by atoms with Crippen molar-refractivity contribution in [2.24, 2.45) is 0 Å². The van der Waals surface area contributed by atoms with Gasteiger partial charge in [0.2, 0.25) is 21.8 Å². The fourth-order valence-corrected chi connectivity index (χ4v) is 5.35. The van der Waals surface area contributed by atoms with Crippen LogP contribution in [0.3, 0.4) is 0 Å². The molecule has 2 amide bonds. The van der Waals surface area contributed by atoms with Crippen LogP contribution < -0.4 is 9.62 Å². The summed E-state index contributed by atoms with van der Waals surface area (Å²) in [6.45, 7) is 1.72. The van der Waals surface area contributed by atoms with Gasteiger partial charge >= 0.3 is 0 Å². The van der Waals surface area contributed by atoms with Crippen molar-refractivity contribution in [2.45, 2.75) is 64.1 Å². The predicted octanol–water partition coefficient (Wildman–Crippen LogP) is 3.85. The molecule has 1 saturated carbocycles. The Kier molecular flexibility index (Phi) is 9.26. The Labute approximate surface area is 207 Å². The van der Waals surface area contributed by atoms with Gasteiger partial charge in [-0.05, 0) is 44.4 Å². The van der Waals surface area contributed by atoms with Crippen molar-refractivity contribution in [3.63, 3.8) is 0 Å². The summed E-state index contributed by atoms with van der Waals surface area (Å²) in [5.41, 5.74) is 0.846. The Morgan fingerprint density at radius 2 is 1.69 bits per heavy atom. The number of hydrogen-bond donors (Lipinski definition) is 1. The summed E-state index contributed by atoms with van der Waals surface area (Å²) < 4.78 is 40.3. The second-order valence-corrected chi connectivity index (χ2v) is 11.0. The maximum atomic E-state index is 14.4. The summed E-state index contributed by atoms with van der Waals surface area (Å²) in [7, 11) is -3.54. The molecule has 0 aromatic heterocycles. The summed E-state index contributed by atoms with van der Waals surface area (Å²) >= 11 is 0. The van der Waals surface area contributed by atoms with Crippen LogP contribution in [0.1, 0.15) is 51.0 Å². The van der Waals surface area contributed by atoms with Crippen LogP contribution in [-0.4, -0.2) is 50.0 Å². The highest BCUT2D eigenvalue weighted by atomic mass is 32.2. The molecule has 2 aromatic carbocycles. The molecule has 1 aliphatic carbocycles. The van der Waals surface area contributed by atoms with Crippen molar-refractivity contribution >= 4 is 27.5 Å². The number of rotatable bonds is 11. The lowest BCUT2D eigenvalue weighted by atomic mass is 10.1. The van der Waals surface area contributed by atoms with Crippen molar-refractivity contribution in [2.75, 3.05) is 17.1 Å². The molecule has 0 aliphatic heterocycles. The van der Waals surface area contributed by atoms with E-state index in [0.717, 1.165) is 31.9 Å². The first kappa shape index (κ1) is 26.7. The van der Waals surface area contributed by atoms with Gasteiger partial charge in [0.1, 0.15) is 11.9 Å². The lowest BCUT2D eigenvalue weighted by Gasteiger charge is -2.30. The molecule has 2 aromatic rings. The molecule has 0 unspecified atom stereocenters. The van der Waals surface area contributed by atoms with Crippen molar-refractivity contribution in [3.8, 4) is 0 Å². The maximum absolute atomic E-state index is 14.4. The molecule has 0 saturated heterocycles. The molecule has 3 rings (SSSR count). The normalized spacial score (nSPS) is 14.9. The second-order valence-electron chi connectivity index (χ2n) is 9.05. The van der Waals surface area contributed by atoms with Crippen molar-refractivity contribution in [3.05, 3.63) is 66.0 Å². The highest BCUT2D eigenvalue weighted by Gasteiger charge is 2.29. The quantitative estimate of drug-likeness (QED) is 0.505. The van der Waals surface area contributed by atoms with E-state index in [4.69, 9.17) is 0 Å². The van der Waals surface area contributed by atoms with E-state index < -0.39 is 21.9 Å². The van der Waals surface area contributed by atoms with Crippen LogP contribution in [0.15, 0.2) is 54.6 Å². The number of benzene rings is 2. The predicted molar refractivity (Wildman–Crippen MR) is 135 cm³/mol. The van der Waals surface area contributed by atoms with Gasteiger partial charge in [0.05, 0.1) is 11.9 Å². The summed E-state index contributed by atoms with van der Waals surface area (Å²) in [4.78, 5) is 27.6. The van der Waals surface area contributed by atoms with E-state index in [1.165, 1.54) is 15.3 Å². The van der Waals surface area contributed by atoms with E-state index in [1.54, 1.807) is 55.5 Å². The Bertz CT molecular complexity index is 1100. The van der Waals surface area contributed by atoms with Crippen LogP contribution in [0.2, 0.25) is 0 Å². The van der Waals surface area contributed by atoms with E-state index in [-0.39, 0.29) is 43.8 Å². The highest BCUT2D eigenvalue weighted by molar-refractivity contribution is 7.92. The lowest BCUT2D eigenvalue weighted by Crippen LogP contribution is -2.49. The number of hydrogen-bond acceptors (Lipinski definition) is 4. The molecule has 0 spiro atoms. The van der Waals surface area contributed by atoms with Gasteiger partial charge in [0.25, 0.3) is 0 Å². The van der Waals surface area contributed by atoms with Crippen LogP contribution in [0, 0.1) is 5.82 Å². The summed E-state index contributed by atoms with van der Waals surface area (Å²) in [5.74, 6) is -1.03. The molecule has 1 fully saturated rings. The minimum absolute atomic E-state index is 0.0222. The topological polar surface area (TPSA) is 86.8 Å². The Hall–Kier alpha value is -2.94. The van der Waals surface area contributed by atoms with E-state index >= 15 is 0 Å². The molecular formula is C26H34FN3O4S. The first-order chi connectivity index (χ1) is 16.7. The summed E-state index contributed by atoms with van der Waals surface area (Å²) in [6, 6.07) is 14.2. The molecule has 0 heterocycles. The fraction of sp³-hybridized carbons (Fsp3) is 0.462. The van der Waals surface area contributed by atoms with Crippen LogP contribution >= 0.6 is 0 Å². The van der Waals surface area contributed by atoms with Crippen molar-refractivity contribution < 1.29 is 22.4 Å². The zero-order valence-corrected chi connectivity index (χ0v) is 21.1. The Morgan fingerprint density at radius 1 is 1.06 bits per heavy atom. The first-order valence-electron chi connectivity index (χ1n) is 12.0. The number of halogens is 1. The van der Waals surface area contributed by atoms with Gasteiger partial charge in [-0.1, -0.05) is 49.2 Å². The van der Waals surface area contributed by atoms with E-state index in [2.05, 4.69) is 5.32 Å². The monoisotopic (exact) mass is 503 g/mol. The van der Waals surface area contributed by atoms with Crippen molar-refractivity contribution in [1.29, 1.82) is 0 Å². The van der Waals surface area contributed by atoms with Gasteiger partial charge in [0, 0.05) is 31.1 Å². The minimum Gasteiger partial charge on any atom is -0.352 e. The summed E-state index contributed by atoms with van der Waals surface area (Å²) in [5, 5.41) is 3.02. The molecule has 1 atom stereocenters. The minimum atomic E-state index is -3.54. The van der Waals surface area contributed by atoms with Gasteiger partial charge < -0.3 is 10.2 Å². The number of anilines is 1. The average Bonchev–Trinajstić information content (AvgIpc) is 3.33. The number of nitrogens with zero attached hydrogens (tertiary/aromatic N) is 2. The number of nitrogens with one attached hydrogen (secondary N) is 1. The Balaban J connectivity index is 1.71. The molecule has 1 N–H and O–H groups in total. The number of carbonyl (C=O) groups is 2. The van der Waals surface area contributed by atoms with Gasteiger partial charge in [-0.25, -0.2) is 12.8 Å². The lowest BCUT2D eigenvalue weighted by molar-refractivity contribution is -0.141. The van der Waals surface area contributed by atoms with E-state index in [0.29, 0.717) is 11.3 Å². The van der Waals surface area contributed by atoms with Gasteiger partial charge in [-0.3, -0.25) is 13.9 Å². The van der Waals surface area contributed by atoms with Gasteiger partial charge in [-0.15, -0.1) is 0 Å². The molecule has 9 heteroatoms. The van der Waals surface area contributed by atoms with Crippen LogP contribution in [0.4, 0.5) is 10.1 Å². The molecule has 0 bridgehead atoms. The highest BCUT2D eigenvalue weighted by Crippen LogP contribution is 2.21. The largest absolute Gasteiger partial charge is 0.352 e. The number of carbonyl (C=O) groups excluding carboxylic acids is 2. The SMILES string of the molecule is C[C@H](C(=O)NC1CCCC1)N(Cc1ccccc1F)C(=O)CCCN(c1ccccc1)S(C)(=O)=O. The molecular weight excluding hydrogens is 469 g/mol. The summed E-state index contributed by atoms with van der Waals surface area (Å²) in [6.07, 6.45) is 5.37.